The second-order valence-electron chi connectivity index (χ2n) is 5.24. The molecule has 114 valence electrons. The molecule has 0 amide bonds. The number of hydrogen-bond acceptors (Lipinski definition) is 3. The molecule has 1 atom stereocenters. The predicted molar refractivity (Wildman–Crippen MR) is 95.8 cm³/mol. The lowest BCUT2D eigenvalue weighted by atomic mass is 10.0. The van der Waals surface area contributed by atoms with E-state index in [-0.39, 0.29) is 0 Å². The molecule has 1 aromatic carbocycles. The molecular weight excluding hydrogens is 344 g/mol. The second kappa shape index (κ2) is 8.69. The quantitative estimate of drug-likeness (QED) is 0.729. The molecule has 0 radical (unpaired) electrons. The molecule has 1 N–H and O–H groups in total. The van der Waals surface area contributed by atoms with Crippen molar-refractivity contribution in [2.24, 2.45) is 0 Å². The van der Waals surface area contributed by atoms with Crippen LogP contribution in [0.1, 0.15) is 29.8 Å². The van der Waals surface area contributed by atoms with E-state index < -0.39 is 0 Å². The van der Waals surface area contributed by atoms with Crippen molar-refractivity contribution >= 4 is 27.3 Å². The molecule has 0 fully saturated rings. The monoisotopic (exact) mass is 366 g/mol. The third-order valence-corrected chi connectivity index (χ3v) is 5.12. The van der Waals surface area contributed by atoms with Crippen molar-refractivity contribution in [1.29, 1.82) is 0 Å². The summed E-state index contributed by atoms with van der Waals surface area (Å²) in [5.41, 5.74) is 1.35. The lowest BCUT2D eigenvalue weighted by molar-refractivity contribution is 0.303. The number of nitrogens with one attached hydrogen (secondary N) is 1. The maximum absolute atomic E-state index is 3.67. The first kappa shape index (κ1) is 16.7. The Morgan fingerprint density at radius 1 is 1.24 bits per heavy atom. The summed E-state index contributed by atoms with van der Waals surface area (Å²) in [6, 6.07) is 13.2. The van der Waals surface area contributed by atoms with Crippen LogP contribution in [-0.4, -0.2) is 25.0 Å². The summed E-state index contributed by atoms with van der Waals surface area (Å²) < 4.78 is 1.19. The van der Waals surface area contributed by atoms with Crippen LogP contribution in [0.25, 0.3) is 0 Å². The topological polar surface area (TPSA) is 15.3 Å². The molecule has 1 aromatic heterocycles. The zero-order valence-electron chi connectivity index (χ0n) is 12.7. The Kier molecular flexibility index (Phi) is 6.90. The Balaban J connectivity index is 1.92. The Hall–Kier alpha value is -0.680. The fourth-order valence-electron chi connectivity index (χ4n) is 2.47. The number of nitrogens with zero attached hydrogens (tertiary/aromatic N) is 1. The van der Waals surface area contributed by atoms with Crippen molar-refractivity contribution in [1.82, 2.24) is 10.2 Å². The second-order valence-corrected chi connectivity index (χ2v) is 7.12. The molecule has 0 bridgehead atoms. The minimum Gasteiger partial charge on any atom is -0.310 e. The molecule has 21 heavy (non-hydrogen) atoms. The van der Waals surface area contributed by atoms with Crippen LogP contribution in [-0.2, 0) is 6.54 Å². The van der Waals surface area contributed by atoms with Crippen molar-refractivity contribution in [3.63, 3.8) is 0 Å². The van der Waals surface area contributed by atoms with E-state index >= 15 is 0 Å². The minimum atomic E-state index is 0.399. The Labute approximate surface area is 140 Å². The fourth-order valence-corrected chi connectivity index (χ4v) is 3.81. The molecule has 1 heterocycles. The van der Waals surface area contributed by atoms with Crippen LogP contribution in [0.4, 0.5) is 0 Å². The average Bonchev–Trinajstić information content (AvgIpc) is 2.97. The fraction of sp³-hybridized carbons (Fsp3) is 0.412. The summed E-state index contributed by atoms with van der Waals surface area (Å²) in [6.07, 6.45) is 1.11. The van der Waals surface area contributed by atoms with Crippen molar-refractivity contribution in [3.8, 4) is 0 Å². The van der Waals surface area contributed by atoms with E-state index in [0.29, 0.717) is 6.04 Å². The molecule has 0 saturated heterocycles. The van der Waals surface area contributed by atoms with Crippen LogP contribution in [0, 0.1) is 0 Å². The number of halogens is 1. The van der Waals surface area contributed by atoms with E-state index in [9.17, 15) is 0 Å². The molecule has 2 aromatic rings. The first-order valence-electron chi connectivity index (χ1n) is 7.39. The highest BCUT2D eigenvalue weighted by atomic mass is 79.9. The summed E-state index contributed by atoms with van der Waals surface area (Å²) in [5.74, 6) is 0. The van der Waals surface area contributed by atoms with Gasteiger partial charge >= 0.3 is 0 Å². The molecule has 0 aliphatic heterocycles. The minimum absolute atomic E-state index is 0.399. The van der Waals surface area contributed by atoms with E-state index in [4.69, 9.17) is 0 Å². The SMILES string of the molecule is CCNC(CCN(C)Cc1cccs1)c1ccccc1Br. The van der Waals surface area contributed by atoms with Gasteiger partial charge in [-0.3, -0.25) is 0 Å². The highest BCUT2D eigenvalue weighted by Crippen LogP contribution is 2.25. The first-order valence-corrected chi connectivity index (χ1v) is 9.06. The third kappa shape index (κ3) is 5.22. The van der Waals surface area contributed by atoms with Gasteiger partial charge in [0.25, 0.3) is 0 Å². The number of hydrogen-bond donors (Lipinski definition) is 1. The van der Waals surface area contributed by atoms with Crippen LogP contribution in [0.15, 0.2) is 46.3 Å². The standard InChI is InChI=1S/C17H23BrN2S/c1-3-19-17(15-8-4-5-9-16(15)18)10-11-20(2)13-14-7-6-12-21-14/h4-9,12,17,19H,3,10-11,13H2,1-2H3. The molecule has 0 saturated carbocycles. The zero-order chi connectivity index (χ0) is 15.1. The number of rotatable bonds is 8. The van der Waals surface area contributed by atoms with Gasteiger partial charge in [0.1, 0.15) is 0 Å². The van der Waals surface area contributed by atoms with E-state index in [0.717, 1.165) is 26.1 Å². The summed E-state index contributed by atoms with van der Waals surface area (Å²) in [4.78, 5) is 3.82. The van der Waals surface area contributed by atoms with Gasteiger partial charge in [-0.15, -0.1) is 11.3 Å². The average molecular weight is 367 g/mol. The lowest BCUT2D eigenvalue weighted by Crippen LogP contribution is -2.27. The van der Waals surface area contributed by atoms with Crippen LogP contribution in [0.2, 0.25) is 0 Å². The van der Waals surface area contributed by atoms with Gasteiger partial charge in [0.2, 0.25) is 0 Å². The zero-order valence-corrected chi connectivity index (χ0v) is 15.1. The molecule has 0 aliphatic carbocycles. The van der Waals surface area contributed by atoms with Crippen LogP contribution in [0.3, 0.4) is 0 Å². The van der Waals surface area contributed by atoms with Crippen molar-refractivity contribution in [2.45, 2.75) is 25.9 Å². The van der Waals surface area contributed by atoms with Gasteiger partial charge < -0.3 is 10.2 Å². The summed E-state index contributed by atoms with van der Waals surface area (Å²) in [5, 5.41) is 5.74. The maximum Gasteiger partial charge on any atom is 0.0343 e. The molecule has 1 unspecified atom stereocenters. The summed E-state index contributed by atoms with van der Waals surface area (Å²) in [6.45, 7) is 5.27. The first-order chi connectivity index (χ1) is 10.2. The molecule has 0 aliphatic rings. The molecule has 4 heteroatoms. The molecule has 2 nitrogen and oxygen atoms in total. The van der Waals surface area contributed by atoms with Crippen molar-refractivity contribution in [3.05, 3.63) is 56.7 Å². The van der Waals surface area contributed by atoms with E-state index in [1.807, 2.05) is 11.3 Å². The Morgan fingerprint density at radius 3 is 2.71 bits per heavy atom. The van der Waals surface area contributed by atoms with E-state index in [1.165, 1.54) is 14.9 Å². The van der Waals surface area contributed by atoms with E-state index in [1.54, 1.807) is 0 Å². The summed E-state index contributed by atoms with van der Waals surface area (Å²) >= 11 is 5.50. The third-order valence-electron chi connectivity index (χ3n) is 3.54. The van der Waals surface area contributed by atoms with Gasteiger partial charge in [-0.05, 0) is 43.1 Å². The van der Waals surface area contributed by atoms with Gasteiger partial charge in [0, 0.05) is 28.5 Å². The number of thiophene rings is 1. The lowest BCUT2D eigenvalue weighted by Gasteiger charge is -2.23. The normalized spacial score (nSPS) is 12.8. The highest BCUT2D eigenvalue weighted by molar-refractivity contribution is 9.10. The Morgan fingerprint density at radius 2 is 2.05 bits per heavy atom. The highest BCUT2D eigenvalue weighted by Gasteiger charge is 2.14. The van der Waals surface area contributed by atoms with Gasteiger partial charge in [-0.1, -0.05) is 47.1 Å². The van der Waals surface area contributed by atoms with Crippen molar-refractivity contribution < 1.29 is 0 Å². The van der Waals surface area contributed by atoms with Gasteiger partial charge in [0.05, 0.1) is 0 Å². The van der Waals surface area contributed by atoms with Crippen LogP contribution >= 0.6 is 27.3 Å². The largest absolute Gasteiger partial charge is 0.310 e. The van der Waals surface area contributed by atoms with Gasteiger partial charge in [-0.2, -0.15) is 0 Å². The molecule has 0 spiro atoms. The van der Waals surface area contributed by atoms with Gasteiger partial charge in [-0.25, -0.2) is 0 Å². The summed E-state index contributed by atoms with van der Waals surface area (Å²) in [7, 11) is 2.20. The smallest absolute Gasteiger partial charge is 0.0343 e. The van der Waals surface area contributed by atoms with Gasteiger partial charge in [0.15, 0.2) is 0 Å². The maximum atomic E-state index is 3.67. The molecular formula is C17H23BrN2S. The Bertz CT molecular complexity index is 527. The predicted octanol–water partition coefficient (Wildman–Crippen LogP) is 4.68. The van der Waals surface area contributed by atoms with E-state index in [2.05, 4.69) is 81.9 Å². The number of benzene rings is 1. The van der Waals surface area contributed by atoms with Crippen LogP contribution in [0.5, 0.6) is 0 Å². The van der Waals surface area contributed by atoms with Crippen LogP contribution < -0.4 is 5.32 Å². The van der Waals surface area contributed by atoms with Crippen molar-refractivity contribution in [2.75, 3.05) is 20.1 Å². The molecule has 2 rings (SSSR count).